The van der Waals surface area contributed by atoms with Gasteiger partial charge in [-0.2, -0.15) is 5.10 Å². The number of aromatic nitrogens is 2. The molecule has 27 heavy (non-hydrogen) atoms. The summed E-state index contributed by atoms with van der Waals surface area (Å²) < 4.78 is 6.99. The zero-order valence-electron chi connectivity index (χ0n) is 16.2. The fourth-order valence-electron chi connectivity index (χ4n) is 3.15. The highest BCUT2D eigenvalue weighted by atomic mass is 32.1. The van der Waals surface area contributed by atoms with Gasteiger partial charge in [0.25, 0.3) is 5.91 Å². The SMILES string of the molecule is CCOC(=O)c1c(NC(=O)c2ccn(C(C)C)n2)sc2c1CCN(CC)C2. The van der Waals surface area contributed by atoms with Gasteiger partial charge in [-0.1, -0.05) is 6.92 Å². The highest BCUT2D eigenvalue weighted by Crippen LogP contribution is 2.37. The maximum absolute atomic E-state index is 12.7. The number of anilines is 1. The van der Waals surface area contributed by atoms with Crippen molar-refractivity contribution in [3.05, 3.63) is 34.0 Å². The monoisotopic (exact) mass is 390 g/mol. The summed E-state index contributed by atoms with van der Waals surface area (Å²) >= 11 is 1.46. The van der Waals surface area contributed by atoms with Gasteiger partial charge in [-0.15, -0.1) is 11.3 Å². The second-order valence-electron chi connectivity index (χ2n) is 6.78. The van der Waals surface area contributed by atoms with Crippen LogP contribution in [-0.4, -0.2) is 46.3 Å². The van der Waals surface area contributed by atoms with Gasteiger partial charge < -0.3 is 10.1 Å². The fourth-order valence-corrected chi connectivity index (χ4v) is 4.42. The summed E-state index contributed by atoms with van der Waals surface area (Å²) in [4.78, 5) is 28.7. The Balaban J connectivity index is 1.90. The summed E-state index contributed by atoms with van der Waals surface area (Å²) in [5.74, 6) is -0.686. The number of rotatable bonds is 6. The minimum Gasteiger partial charge on any atom is -0.462 e. The average Bonchev–Trinajstić information content (AvgIpc) is 3.26. The Morgan fingerprint density at radius 1 is 1.37 bits per heavy atom. The van der Waals surface area contributed by atoms with Crippen molar-refractivity contribution in [2.45, 2.75) is 46.7 Å². The van der Waals surface area contributed by atoms with E-state index in [2.05, 4.69) is 22.2 Å². The van der Waals surface area contributed by atoms with Crippen LogP contribution >= 0.6 is 11.3 Å². The van der Waals surface area contributed by atoms with Gasteiger partial charge in [0.15, 0.2) is 5.69 Å². The molecule has 8 heteroatoms. The lowest BCUT2D eigenvalue weighted by Crippen LogP contribution is -2.30. The third-order valence-electron chi connectivity index (χ3n) is 4.66. The molecule has 0 radical (unpaired) electrons. The molecule has 0 unspecified atom stereocenters. The van der Waals surface area contributed by atoms with Gasteiger partial charge >= 0.3 is 5.97 Å². The van der Waals surface area contributed by atoms with Crippen molar-refractivity contribution in [2.75, 3.05) is 25.0 Å². The number of hydrogen-bond acceptors (Lipinski definition) is 6. The molecular formula is C19H26N4O3S. The molecule has 0 fully saturated rings. The molecule has 146 valence electrons. The molecule has 0 spiro atoms. The Labute approximate surface area is 163 Å². The number of thiophene rings is 1. The van der Waals surface area contributed by atoms with Crippen LogP contribution < -0.4 is 5.32 Å². The predicted octanol–water partition coefficient (Wildman–Crippen LogP) is 3.33. The number of esters is 1. The average molecular weight is 391 g/mol. The third kappa shape index (κ3) is 4.06. The second kappa shape index (κ2) is 8.22. The molecule has 7 nitrogen and oxygen atoms in total. The lowest BCUT2D eigenvalue weighted by molar-refractivity contribution is 0.0526. The van der Waals surface area contributed by atoms with E-state index in [0.717, 1.165) is 36.5 Å². The van der Waals surface area contributed by atoms with E-state index in [-0.39, 0.29) is 17.9 Å². The Hall–Kier alpha value is -2.19. The van der Waals surface area contributed by atoms with E-state index in [0.29, 0.717) is 22.9 Å². The molecule has 1 aliphatic heterocycles. The van der Waals surface area contributed by atoms with Crippen molar-refractivity contribution in [2.24, 2.45) is 0 Å². The Morgan fingerprint density at radius 3 is 2.78 bits per heavy atom. The largest absolute Gasteiger partial charge is 0.462 e. The summed E-state index contributed by atoms with van der Waals surface area (Å²) in [5.41, 5.74) is 1.84. The highest BCUT2D eigenvalue weighted by molar-refractivity contribution is 7.17. The summed E-state index contributed by atoms with van der Waals surface area (Å²) in [5, 5.41) is 7.76. The van der Waals surface area contributed by atoms with Crippen LogP contribution in [0, 0.1) is 0 Å². The minimum absolute atomic E-state index is 0.177. The maximum atomic E-state index is 12.7. The molecule has 0 saturated heterocycles. The van der Waals surface area contributed by atoms with Gasteiger partial charge in [0, 0.05) is 30.2 Å². The van der Waals surface area contributed by atoms with Gasteiger partial charge in [0.2, 0.25) is 0 Å². The van der Waals surface area contributed by atoms with E-state index >= 15 is 0 Å². The first-order valence-electron chi connectivity index (χ1n) is 9.35. The Kier molecular flexibility index (Phi) is 5.96. The van der Waals surface area contributed by atoms with Crippen molar-refractivity contribution in [3.63, 3.8) is 0 Å². The molecule has 0 aromatic carbocycles. The van der Waals surface area contributed by atoms with Gasteiger partial charge in [0.05, 0.1) is 12.2 Å². The lowest BCUT2D eigenvalue weighted by Gasteiger charge is -2.25. The van der Waals surface area contributed by atoms with Gasteiger partial charge in [-0.3, -0.25) is 14.4 Å². The van der Waals surface area contributed by atoms with Gasteiger partial charge in [-0.05, 0) is 45.4 Å². The van der Waals surface area contributed by atoms with Crippen LogP contribution in [0.5, 0.6) is 0 Å². The Bertz CT molecular complexity index is 840. The van der Waals surface area contributed by atoms with E-state index in [1.807, 2.05) is 13.8 Å². The van der Waals surface area contributed by atoms with Crippen LogP contribution in [0.3, 0.4) is 0 Å². The first kappa shape index (κ1) is 19.6. The molecule has 3 heterocycles. The molecule has 2 aromatic heterocycles. The zero-order valence-corrected chi connectivity index (χ0v) is 17.1. The number of nitrogens with one attached hydrogen (secondary N) is 1. The van der Waals surface area contributed by atoms with Gasteiger partial charge in [0.1, 0.15) is 5.00 Å². The van der Waals surface area contributed by atoms with Crippen LogP contribution in [0.25, 0.3) is 0 Å². The smallest absolute Gasteiger partial charge is 0.341 e. The number of carbonyl (C=O) groups excluding carboxylic acids is 2. The number of likely N-dealkylation sites (N-methyl/N-ethyl adjacent to an activating group) is 1. The van der Waals surface area contributed by atoms with E-state index in [1.54, 1.807) is 23.9 Å². The maximum Gasteiger partial charge on any atom is 0.341 e. The molecule has 3 rings (SSSR count). The van der Waals surface area contributed by atoms with E-state index in [9.17, 15) is 9.59 Å². The minimum atomic E-state index is -0.372. The summed E-state index contributed by atoms with van der Waals surface area (Å²) in [7, 11) is 0. The second-order valence-corrected chi connectivity index (χ2v) is 7.88. The molecule has 1 aliphatic rings. The molecule has 0 bridgehead atoms. The molecule has 1 amide bonds. The number of fused-ring (bicyclic) bond motifs is 1. The van der Waals surface area contributed by atoms with E-state index in [1.165, 1.54) is 11.3 Å². The van der Waals surface area contributed by atoms with Crippen LogP contribution in [0.2, 0.25) is 0 Å². The molecule has 0 saturated carbocycles. The van der Waals surface area contributed by atoms with Crippen LogP contribution in [0.15, 0.2) is 12.3 Å². The third-order valence-corrected chi connectivity index (χ3v) is 5.79. The first-order valence-corrected chi connectivity index (χ1v) is 10.2. The number of ether oxygens (including phenoxy) is 1. The predicted molar refractivity (Wildman–Crippen MR) is 105 cm³/mol. The molecule has 0 atom stereocenters. The number of nitrogens with zero attached hydrogens (tertiary/aromatic N) is 3. The molecule has 0 aliphatic carbocycles. The van der Waals surface area contributed by atoms with Crippen LogP contribution in [0.4, 0.5) is 5.00 Å². The molecule has 1 N–H and O–H groups in total. The van der Waals surface area contributed by atoms with Crippen molar-refractivity contribution < 1.29 is 14.3 Å². The number of hydrogen-bond donors (Lipinski definition) is 1. The summed E-state index contributed by atoms with van der Waals surface area (Å²) in [6.07, 6.45) is 2.57. The Morgan fingerprint density at radius 2 is 2.15 bits per heavy atom. The summed E-state index contributed by atoms with van der Waals surface area (Å²) in [6.45, 7) is 10.9. The summed E-state index contributed by atoms with van der Waals surface area (Å²) in [6, 6.07) is 1.86. The van der Waals surface area contributed by atoms with Crippen molar-refractivity contribution in [3.8, 4) is 0 Å². The van der Waals surface area contributed by atoms with E-state index in [4.69, 9.17) is 4.74 Å². The van der Waals surface area contributed by atoms with Crippen molar-refractivity contribution in [1.82, 2.24) is 14.7 Å². The normalized spacial score (nSPS) is 14.3. The first-order chi connectivity index (χ1) is 12.9. The topological polar surface area (TPSA) is 76.5 Å². The van der Waals surface area contributed by atoms with Crippen LogP contribution in [0.1, 0.15) is 65.0 Å². The highest BCUT2D eigenvalue weighted by Gasteiger charge is 2.29. The zero-order chi connectivity index (χ0) is 19.6. The fraction of sp³-hybridized carbons (Fsp3) is 0.526. The lowest BCUT2D eigenvalue weighted by atomic mass is 10.0. The standard InChI is InChI=1S/C19H26N4O3S/c1-5-22-9-7-13-15(11-22)27-18(16(13)19(25)26-6-2)20-17(24)14-8-10-23(21-14)12(3)4/h8,10,12H,5-7,9,11H2,1-4H3,(H,20,24). The van der Waals surface area contributed by atoms with Crippen LogP contribution in [-0.2, 0) is 17.7 Å². The molecular weight excluding hydrogens is 364 g/mol. The van der Waals surface area contributed by atoms with Gasteiger partial charge in [-0.25, -0.2) is 4.79 Å². The molecule has 2 aromatic rings. The van der Waals surface area contributed by atoms with Crippen molar-refractivity contribution in [1.29, 1.82) is 0 Å². The van der Waals surface area contributed by atoms with Crippen molar-refractivity contribution >= 4 is 28.2 Å². The van der Waals surface area contributed by atoms with E-state index < -0.39 is 0 Å². The number of amides is 1. The number of carbonyl (C=O) groups is 2. The quantitative estimate of drug-likeness (QED) is 0.766.